The monoisotopic (exact) mass is 200 g/mol. The Labute approximate surface area is 83.4 Å². The fraction of sp³-hybridized carbons (Fsp3) is 0.778. The van der Waals surface area contributed by atoms with Gasteiger partial charge in [-0.2, -0.15) is 0 Å². The number of rotatable bonds is 3. The van der Waals surface area contributed by atoms with Crippen molar-refractivity contribution in [3.63, 3.8) is 0 Å². The normalized spacial score (nSPS) is 21.0. The Bertz CT molecular complexity index is 230. The van der Waals surface area contributed by atoms with E-state index in [-0.39, 0.29) is 24.5 Å². The predicted octanol–water partition coefficient (Wildman–Crippen LogP) is -0.630. The molecule has 0 radical (unpaired) electrons. The molecule has 5 heteroatoms. The number of amides is 1. The van der Waals surface area contributed by atoms with Crippen molar-refractivity contribution in [2.24, 2.45) is 0 Å². The van der Waals surface area contributed by atoms with E-state index in [1.54, 1.807) is 11.9 Å². The highest BCUT2D eigenvalue weighted by Crippen LogP contribution is 2.17. The number of hydrogen-bond donors (Lipinski definition) is 1. The predicted molar refractivity (Wildman–Crippen MR) is 50.7 cm³/mol. The second kappa shape index (κ2) is 4.95. The Morgan fingerprint density at radius 3 is 2.86 bits per heavy atom. The molecule has 0 aliphatic carbocycles. The summed E-state index contributed by atoms with van der Waals surface area (Å²) in [6, 6.07) is -0.374. The molecule has 1 amide bonds. The van der Waals surface area contributed by atoms with E-state index in [0.717, 1.165) is 6.42 Å². The number of nitrogens with one attached hydrogen (secondary N) is 1. The van der Waals surface area contributed by atoms with Crippen LogP contribution in [-0.2, 0) is 14.3 Å². The lowest BCUT2D eigenvalue weighted by molar-refractivity contribution is -0.150. The molecule has 0 aromatic rings. The molecule has 1 atom stereocenters. The molecule has 1 rings (SSSR count). The van der Waals surface area contributed by atoms with Crippen LogP contribution in [0.3, 0.4) is 0 Å². The van der Waals surface area contributed by atoms with Gasteiger partial charge in [-0.05, 0) is 19.9 Å². The van der Waals surface area contributed by atoms with Gasteiger partial charge >= 0.3 is 5.97 Å². The summed E-state index contributed by atoms with van der Waals surface area (Å²) in [7, 11) is 3.06. The van der Waals surface area contributed by atoms with Crippen molar-refractivity contribution in [3.8, 4) is 0 Å². The Kier molecular flexibility index (Phi) is 3.88. The van der Waals surface area contributed by atoms with Crippen LogP contribution < -0.4 is 5.32 Å². The molecule has 80 valence electrons. The molecule has 5 nitrogen and oxygen atoms in total. The molecule has 0 aromatic carbocycles. The minimum atomic E-state index is -0.374. The molecule has 0 bridgehead atoms. The number of likely N-dealkylation sites (tertiary alicyclic amines) is 1. The summed E-state index contributed by atoms with van der Waals surface area (Å²) < 4.78 is 4.64. The first-order valence-electron chi connectivity index (χ1n) is 4.72. The number of likely N-dealkylation sites (N-methyl/N-ethyl adjacent to an activating group) is 1. The van der Waals surface area contributed by atoms with Gasteiger partial charge in [0, 0.05) is 6.54 Å². The molecule has 1 fully saturated rings. The van der Waals surface area contributed by atoms with Crippen LogP contribution in [0.25, 0.3) is 0 Å². The van der Waals surface area contributed by atoms with E-state index in [2.05, 4.69) is 10.1 Å². The largest absolute Gasteiger partial charge is 0.467 e. The standard InChI is InChI=1S/C9H16N2O3/c1-10-6-8(12)11-5-3-4-7(11)9(13)14-2/h7,10H,3-6H2,1-2H3. The lowest BCUT2D eigenvalue weighted by Crippen LogP contribution is -2.44. The van der Waals surface area contributed by atoms with Crippen LogP contribution in [0.2, 0.25) is 0 Å². The maximum Gasteiger partial charge on any atom is 0.328 e. The minimum Gasteiger partial charge on any atom is -0.467 e. The van der Waals surface area contributed by atoms with Gasteiger partial charge < -0.3 is 15.0 Å². The van der Waals surface area contributed by atoms with Crippen molar-refractivity contribution in [3.05, 3.63) is 0 Å². The lowest BCUT2D eigenvalue weighted by atomic mass is 10.2. The minimum absolute atomic E-state index is 0.0413. The van der Waals surface area contributed by atoms with Crippen molar-refractivity contribution in [2.75, 3.05) is 27.2 Å². The number of ether oxygens (including phenoxy) is 1. The van der Waals surface area contributed by atoms with Crippen molar-refractivity contribution in [1.82, 2.24) is 10.2 Å². The van der Waals surface area contributed by atoms with E-state index in [9.17, 15) is 9.59 Å². The molecule has 0 saturated carbocycles. The van der Waals surface area contributed by atoms with Crippen molar-refractivity contribution in [1.29, 1.82) is 0 Å². The maximum absolute atomic E-state index is 11.5. The van der Waals surface area contributed by atoms with Crippen LogP contribution in [0.1, 0.15) is 12.8 Å². The molecular formula is C9H16N2O3. The molecule has 0 spiro atoms. The summed E-state index contributed by atoms with van der Waals surface area (Å²) in [5.74, 6) is -0.354. The summed E-state index contributed by atoms with van der Waals surface area (Å²) in [6.45, 7) is 0.924. The lowest BCUT2D eigenvalue weighted by Gasteiger charge is -2.22. The van der Waals surface area contributed by atoms with Gasteiger partial charge in [0.05, 0.1) is 13.7 Å². The highest BCUT2D eigenvalue weighted by atomic mass is 16.5. The first-order chi connectivity index (χ1) is 6.70. The summed E-state index contributed by atoms with van der Waals surface area (Å²) in [6.07, 6.45) is 1.58. The third-order valence-corrected chi connectivity index (χ3v) is 2.37. The topological polar surface area (TPSA) is 58.6 Å². The van der Waals surface area contributed by atoms with E-state index in [1.807, 2.05) is 0 Å². The highest BCUT2D eigenvalue weighted by molar-refractivity contribution is 5.86. The molecule has 1 unspecified atom stereocenters. The number of carbonyl (C=O) groups excluding carboxylic acids is 2. The Morgan fingerprint density at radius 2 is 2.29 bits per heavy atom. The number of carbonyl (C=O) groups is 2. The van der Waals surface area contributed by atoms with Crippen LogP contribution >= 0.6 is 0 Å². The molecule has 14 heavy (non-hydrogen) atoms. The Hall–Kier alpha value is -1.10. The van der Waals surface area contributed by atoms with Gasteiger partial charge in [-0.3, -0.25) is 4.79 Å². The van der Waals surface area contributed by atoms with E-state index in [4.69, 9.17) is 0 Å². The molecule has 0 aromatic heterocycles. The summed E-state index contributed by atoms with van der Waals surface area (Å²) in [4.78, 5) is 24.4. The summed E-state index contributed by atoms with van der Waals surface area (Å²) in [5, 5.41) is 2.78. The van der Waals surface area contributed by atoms with E-state index in [0.29, 0.717) is 13.0 Å². The molecular weight excluding hydrogens is 184 g/mol. The zero-order chi connectivity index (χ0) is 10.6. The quantitative estimate of drug-likeness (QED) is 0.616. The van der Waals surface area contributed by atoms with E-state index < -0.39 is 0 Å². The fourth-order valence-electron chi connectivity index (χ4n) is 1.70. The van der Waals surface area contributed by atoms with Crippen LogP contribution in [0.15, 0.2) is 0 Å². The molecule has 1 aliphatic heterocycles. The molecule has 1 aliphatic rings. The van der Waals surface area contributed by atoms with E-state index >= 15 is 0 Å². The Balaban J connectivity index is 2.59. The van der Waals surface area contributed by atoms with Gasteiger partial charge in [0.2, 0.25) is 5.91 Å². The molecule has 1 N–H and O–H groups in total. The number of nitrogens with zero attached hydrogens (tertiary/aromatic N) is 1. The van der Waals surface area contributed by atoms with Crippen LogP contribution in [0, 0.1) is 0 Å². The highest BCUT2D eigenvalue weighted by Gasteiger charge is 2.34. The average Bonchev–Trinajstić information content (AvgIpc) is 2.65. The van der Waals surface area contributed by atoms with Crippen LogP contribution in [0.5, 0.6) is 0 Å². The average molecular weight is 200 g/mol. The van der Waals surface area contributed by atoms with Crippen LogP contribution in [0.4, 0.5) is 0 Å². The maximum atomic E-state index is 11.5. The van der Waals surface area contributed by atoms with Gasteiger partial charge in [0.15, 0.2) is 0 Å². The second-order valence-corrected chi connectivity index (χ2v) is 3.30. The summed E-state index contributed by atoms with van der Waals surface area (Å²) in [5.41, 5.74) is 0. The number of esters is 1. The number of hydrogen-bond acceptors (Lipinski definition) is 4. The van der Waals surface area contributed by atoms with Gasteiger partial charge in [0.25, 0.3) is 0 Å². The first-order valence-corrected chi connectivity index (χ1v) is 4.72. The van der Waals surface area contributed by atoms with E-state index in [1.165, 1.54) is 7.11 Å². The zero-order valence-corrected chi connectivity index (χ0v) is 8.58. The van der Waals surface area contributed by atoms with Crippen LogP contribution in [-0.4, -0.2) is 50.1 Å². The van der Waals surface area contributed by atoms with Gasteiger partial charge in [0.1, 0.15) is 6.04 Å². The third kappa shape index (κ3) is 2.23. The zero-order valence-electron chi connectivity index (χ0n) is 8.58. The third-order valence-electron chi connectivity index (χ3n) is 2.37. The van der Waals surface area contributed by atoms with Crippen molar-refractivity contribution in [2.45, 2.75) is 18.9 Å². The van der Waals surface area contributed by atoms with Gasteiger partial charge in [-0.1, -0.05) is 0 Å². The Morgan fingerprint density at radius 1 is 1.57 bits per heavy atom. The second-order valence-electron chi connectivity index (χ2n) is 3.30. The smallest absolute Gasteiger partial charge is 0.328 e. The van der Waals surface area contributed by atoms with Crippen molar-refractivity contribution < 1.29 is 14.3 Å². The fourth-order valence-corrected chi connectivity index (χ4v) is 1.70. The SMILES string of the molecule is CNCC(=O)N1CCCC1C(=O)OC. The van der Waals surface area contributed by atoms with Crippen molar-refractivity contribution >= 4 is 11.9 Å². The molecule has 1 heterocycles. The van der Waals surface area contributed by atoms with Gasteiger partial charge in [-0.15, -0.1) is 0 Å². The first kappa shape index (κ1) is 11.0. The van der Waals surface area contributed by atoms with Gasteiger partial charge in [-0.25, -0.2) is 4.79 Å². The number of methoxy groups -OCH3 is 1. The summed E-state index contributed by atoms with van der Waals surface area (Å²) >= 11 is 0. The molecule has 1 saturated heterocycles.